The van der Waals surface area contributed by atoms with Gasteiger partial charge in [-0.1, -0.05) is 24.3 Å². The van der Waals surface area contributed by atoms with Crippen molar-refractivity contribution in [2.75, 3.05) is 44.2 Å². The number of carbonyl (C=O) groups excluding carboxylic acids is 1. The maximum atomic E-state index is 12.3. The van der Waals surface area contributed by atoms with Crippen LogP contribution in [0.3, 0.4) is 0 Å². The lowest BCUT2D eigenvalue weighted by atomic mass is 9.96. The van der Waals surface area contributed by atoms with Crippen molar-refractivity contribution >= 4 is 22.6 Å². The zero-order valence-electron chi connectivity index (χ0n) is 20.1. The van der Waals surface area contributed by atoms with Crippen LogP contribution < -0.4 is 4.90 Å². The number of nitrogens with zero attached hydrogens (tertiary/aromatic N) is 6. The summed E-state index contributed by atoms with van der Waals surface area (Å²) in [5.41, 5.74) is 2.31. The molecule has 0 bridgehead atoms. The maximum Gasteiger partial charge on any atom is 0.225 e. The molecule has 7 nitrogen and oxygen atoms in total. The summed E-state index contributed by atoms with van der Waals surface area (Å²) in [4.78, 5) is 33.0. The van der Waals surface area contributed by atoms with E-state index < -0.39 is 0 Å². The summed E-state index contributed by atoms with van der Waals surface area (Å²) in [5, 5.41) is 2.42. The Kier molecular flexibility index (Phi) is 7.00. The predicted octanol–water partition coefficient (Wildman–Crippen LogP) is 3.54. The van der Waals surface area contributed by atoms with Crippen LogP contribution in [0.2, 0.25) is 0 Å². The minimum atomic E-state index is 0.150. The Hall–Kier alpha value is -3.06. The Balaban J connectivity index is 1.33. The van der Waals surface area contributed by atoms with Crippen molar-refractivity contribution in [1.29, 1.82) is 0 Å². The second kappa shape index (κ2) is 10.5. The van der Waals surface area contributed by atoms with Crippen LogP contribution in [0, 0.1) is 5.92 Å². The van der Waals surface area contributed by atoms with E-state index in [0.29, 0.717) is 5.92 Å². The molecule has 2 saturated heterocycles. The van der Waals surface area contributed by atoms with Crippen LogP contribution in [0.4, 0.5) is 5.95 Å². The molecule has 2 fully saturated rings. The standard InChI is InChI=1S/C27H34N6O/c1-21(34)33-14-13-31(20-25-9-10-29-27(30-25)32-11-5-2-6-12-32)18-22(19-33)15-24-17-28-16-23-7-3-4-8-26(23)24/h3-4,7-10,16-17,22H,2,5-6,11-15,18-20H2,1H3/t22-/m1/s1. The lowest BCUT2D eigenvalue weighted by molar-refractivity contribution is -0.129. The normalized spacial score (nSPS) is 19.9. The van der Waals surface area contributed by atoms with Gasteiger partial charge in [-0.25, -0.2) is 9.97 Å². The molecule has 1 aromatic carbocycles. The molecule has 1 amide bonds. The molecule has 1 atom stereocenters. The molecule has 2 aliphatic heterocycles. The molecule has 4 heterocycles. The fourth-order valence-electron chi connectivity index (χ4n) is 5.34. The molecule has 0 unspecified atom stereocenters. The number of anilines is 1. The van der Waals surface area contributed by atoms with Crippen molar-refractivity contribution in [3.05, 3.63) is 60.2 Å². The number of pyridine rings is 1. The summed E-state index contributed by atoms with van der Waals surface area (Å²) in [6, 6.07) is 10.5. The van der Waals surface area contributed by atoms with Crippen molar-refractivity contribution < 1.29 is 4.79 Å². The number of rotatable bonds is 5. The van der Waals surface area contributed by atoms with E-state index in [1.54, 1.807) is 6.92 Å². The van der Waals surface area contributed by atoms with E-state index in [2.05, 4.69) is 44.0 Å². The molecule has 0 saturated carbocycles. The third kappa shape index (κ3) is 5.36. The van der Waals surface area contributed by atoms with Crippen LogP contribution in [0.5, 0.6) is 0 Å². The van der Waals surface area contributed by atoms with Crippen LogP contribution in [0.1, 0.15) is 37.4 Å². The van der Waals surface area contributed by atoms with Crippen LogP contribution >= 0.6 is 0 Å². The third-order valence-corrected chi connectivity index (χ3v) is 7.11. The molecule has 0 radical (unpaired) electrons. The van der Waals surface area contributed by atoms with Crippen LogP contribution in [0.25, 0.3) is 10.8 Å². The van der Waals surface area contributed by atoms with Gasteiger partial charge in [0.25, 0.3) is 0 Å². The number of benzene rings is 1. The number of carbonyl (C=O) groups is 1. The van der Waals surface area contributed by atoms with Crippen molar-refractivity contribution in [1.82, 2.24) is 24.8 Å². The number of piperidine rings is 1. The molecular weight excluding hydrogens is 424 g/mol. The molecule has 3 aromatic rings. The van der Waals surface area contributed by atoms with Gasteiger partial charge in [-0.05, 0) is 48.6 Å². The second-order valence-corrected chi connectivity index (χ2v) is 9.69. The van der Waals surface area contributed by atoms with Crippen molar-refractivity contribution in [3.63, 3.8) is 0 Å². The third-order valence-electron chi connectivity index (χ3n) is 7.11. The minimum Gasteiger partial charge on any atom is -0.341 e. The lowest BCUT2D eigenvalue weighted by Crippen LogP contribution is -2.34. The Morgan fingerprint density at radius 2 is 1.85 bits per heavy atom. The highest BCUT2D eigenvalue weighted by atomic mass is 16.2. The topological polar surface area (TPSA) is 65.5 Å². The number of aromatic nitrogens is 3. The van der Waals surface area contributed by atoms with Gasteiger partial charge < -0.3 is 9.80 Å². The Bertz CT molecular complexity index is 1120. The summed E-state index contributed by atoms with van der Waals surface area (Å²) < 4.78 is 0. The zero-order valence-corrected chi connectivity index (χ0v) is 20.1. The van der Waals surface area contributed by atoms with Gasteiger partial charge in [-0.2, -0.15) is 0 Å². The van der Waals surface area contributed by atoms with Crippen LogP contribution in [-0.2, 0) is 17.8 Å². The first-order chi connectivity index (χ1) is 16.7. The molecule has 5 rings (SSSR count). The summed E-state index contributed by atoms with van der Waals surface area (Å²) in [6.45, 7) is 7.86. The number of hydrogen-bond donors (Lipinski definition) is 0. The zero-order chi connectivity index (χ0) is 23.3. The Morgan fingerprint density at radius 1 is 1.00 bits per heavy atom. The average Bonchev–Trinajstić information content (AvgIpc) is 3.07. The molecule has 2 aromatic heterocycles. The SMILES string of the molecule is CC(=O)N1CCN(Cc2ccnc(N3CCCCC3)n2)C[C@@H](Cc2cncc3ccccc23)C1. The summed E-state index contributed by atoms with van der Waals surface area (Å²) >= 11 is 0. The van der Waals surface area contributed by atoms with Crippen LogP contribution in [0.15, 0.2) is 48.9 Å². The quantitative estimate of drug-likeness (QED) is 0.583. The van der Waals surface area contributed by atoms with Gasteiger partial charge in [0.15, 0.2) is 0 Å². The Labute approximate surface area is 201 Å². The van der Waals surface area contributed by atoms with Gasteiger partial charge in [0.05, 0.1) is 5.69 Å². The minimum absolute atomic E-state index is 0.150. The van der Waals surface area contributed by atoms with E-state index in [-0.39, 0.29) is 5.91 Å². The van der Waals surface area contributed by atoms with E-state index >= 15 is 0 Å². The van der Waals surface area contributed by atoms with E-state index in [0.717, 1.165) is 63.9 Å². The van der Waals surface area contributed by atoms with Crippen molar-refractivity contribution in [2.24, 2.45) is 5.92 Å². The highest BCUT2D eigenvalue weighted by Crippen LogP contribution is 2.23. The first kappa shape index (κ1) is 22.7. The number of amides is 1. The van der Waals surface area contributed by atoms with Gasteiger partial charge in [-0.15, -0.1) is 0 Å². The molecule has 0 N–H and O–H groups in total. The summed E-state index contributed by atoms with van der Waals surface area (Å²) in [5.74, 6) is 1.34. The predicted molar refractivity (Wildman–Crippen MR) is 135 cm³/mol. The van der Waals surface area contributed by atoms with E-state index in [9.17, 15) is 4.79 Å². The van der Waals surface area contributed by atoms with Crippen molar-refractivity contribution in [2.45, 2.75) is 39.2 Å². The highest BCUT2D eigenvalue weighted by Gasteiger charge is 2.25. The molecular formula is C27H34N6O. The summed E-state index contributed by atoms with van der Waals surface area (Å²) in [6.07, 6.45) is 10.4. The van der Waals surface area contributed by atoms with Gasteiger partial charge in [0.2, 0.25) is 11.9 Å². The van der Waals surface area contributed by atoms with Gasteiger partial charge in [-0.3, -0.25) is 14.7 Å². The van der Waals surface area contributed by atoms with Crippen LogP contribution in [-0.4, -0.2) is 69.9 Å². The molecule has 34 heavy (non-hydrogen) atoms. The monoisotopic (exact) mass is 458 g/mol. The molecule has 2 aliphatic rings. The fourth-order valence-corrected chi connectivity index (χ4v) is 5.34. The number of hydrogen-bond acceptors (Lipinski definition) is 6. The van der Waals surface area contributed by atoms with E-state index in [1.807, 2.05) is 29.6 Å². The Morgan fingerprint density at radius 3 is 2.71 bits per heavy atom. The molecule has 0 spiro atoms. The highest BCUT2D eigenvalue weighted by molar-refractivity contribution is 5.84. The largest absolute Gasteiger partial charge is 0.341 e. The molecule has 7 heteroatoms. The van der Waals surface area contributed by atoms with E-state index in [1.165, 1.54) is 35.6 Å². The fraction of sp³-hybridized carbons (Fsp3) is 0.481. The maximum absolute atomic E-state index is 12.3. The van der Waals surface area contributed by atoms with Crippen molar-refractivity contribution in [3.8, 4) is 0 Å². The molecule has 0 aliphatic carbocycles. The smallest absolute Gasteiger partial charge is 0.225 e. The molecule has 178 valence electrons. The first-order valence-corrected chi connectivity index (χ1v) is 12.5. The van der Waals surface area contributed by atoms with E-state index in [4.69, 9.17) is 4.98 Å². The summed E-state index contributed by atoms with van der Waals surface area (Å²) in [7, 11) is 0. The average molecular weight is 459 g/mol. The first-order valence-electron chi connectivity index (χ1n) is 12.5. The van der Waals surface area contributed by atoms with Gasteiger partial charge in [0, 0.05) is 76.7 Å². The van der Waals surface area contributed by atoms with Gasteiger partial charge >= 0.3 is 0 Å². The lowest BCUT2D eigenvalue weighted by Gasteiger charge is -2.27. The second-order valence-electron chi connectivity index (χ2n) is 9.69. The van der Waals surface area contributed by atoms with Gasteiger partial charge in [0.1, 0.15) is 0 Å². The number of fused-ring (bicyclic) bond motifs is 1.